The average Bonchev–Trinajstić information content (AvgIpc) is 1.38. The minimum absolute atomic E-state index is 0. The molecule has 0 radical (unpaired) electrons. The van der Waals surface area contributed by atoms with Gasteiger partial charge in [0.15, 0.2) is 0 Å². The molecule has 0 heterocycles. The second-order valence-electron chi connectivity index (χ2n) is 0.726. The summed E-state index contributed by atoms with van der Waals surface area (Å²) < 4.78 is 0. The molecule has 0 bridgehead atoms. The Balaban J connectivity index is -0.0000000800. The Morgan fingerprint density at radius 2 is 1.86 bits per heavy atom. The number of carboxylic acid groups (broad SMARTS) is 1. The summed E-state index contributed by atoms with van der Waals surface area (Å²) in [6, 6.07) is 0. The Morgan fingerprint density at radius 1 is 1.71 bits per heavy atom. The van der Waals surface area contributed by atoms with Crippen LogP contribution in [0.15, 0.2) is 0 Å². The largest absolute Gasteiger partial charge is 1.00 e. The number of hydrogen-bond donors (Lipinski definition) is 0. The van der Waals surface area contributed by atoms with E-state index in [2.05, 4.69) is 0 Å². The van der Waals surface area contributed by atoms with Gasteiger partial charge in [-0.1, -0.05) is 6.92 Å². The van der Waals surface area contributed by atoms with E-state index in [9.17, 15) is 9.90 Å². The van der Waals surface area contributed by atoms with Gasteiger partial charge in [-0.25, -0.2) is 0 Å². The van der Waals surface area contributed by atoms with Crippen LogP contribution in [-0.2, 0) is 4.79 Å². The van der Waals surface area contributed by atoms with Gasteiger partial charge in [0.05, 0.1) is 0 Å². The summed E-state index contributed by atoms with van der Waals surface area (Å²) in [7, 11) is 0. The van der Waals surface area contributed by atoms with Crippen molar-refractivity contribution in [3.63, 3.8) is 0 Å². The molecule has 0 unspecified atom stereocenters. The monoisotopic (exact) mass is 132 g/mol. The summed E-state index contributed by atoms with van der Waals surface area (Å²) in [5.41, 5.74) is 0. The van der Waals surface area contributed by atoms with Gasteiger partial charge in [-0.15, -0.1) is 0 Å². The first-order chi connectivity index (χ1) is 2.27. The molecule has 38 valence electrons. The van der Waals surface area contributed by atoms with Gasteiger partial charge in [0.2, 0.25) is 0 Å². The number of carbonyl (C=O) groups excluding carboxylic acids is 1. The van der Waals surface area contributed by atoms with E-state index in [0.717, 1.165) is 0 Å². The van der Waals surface area contributed by atoms with Crippen molar-refractivity contribution in [3.8, 4) is 0 Å². The van der Waals surface area contributed by atoms with Gasteiger partial charge in [-0.05, 0) is 6.42 Å². The Bertz CT molecular complexity index is 48.2. The quantitative estimate of drug-likeness (QED) is 0.345. The molecule has 0 spiro atoms. The fraction of sp³-hybridized carbons (Fsp3) is 0.667. The fourth-order valence-corrected chi connectivity index (χ4v) is 0. The van der Waals surface area contributed by atoms with Gasteiger partial charge in [0.1, 0.15) is 0 Å². The van der Waals surface area contributed by atoms with Crippen molar-refractivity contribution in [3.05, 3.63) is 0 Å². The zero-order chi connectivity index (χ0) is 4.28. The Morgan fingerprint density at radius 3 is 1.86 bits per heavy atom. The second-order valence-corrected chi connectivity index (χ2v) is 0.726. The minimum Gasteiger partial charge on any atom is -0.550 e. The molecule has 0 saturated carbocycles. The molecule has 0 aliphatic rings. The van der Waals surface area contributed by atoms with Crippen LogP contribution in [0.3, 0.4) is 0 Å². The predicted molar refractivity (Wildman–Crippen MR) is 17.8 cm³/mol. The van der Waals surface area contributed by atoms with Crippen LogP contribution in [0.5, 0.6) is 0 Å². The Labute approximate surface area is 84.1 Å². The van der Waals surface area contributed by atoms with Gasteiger partial charge >= 0.3 is 51.4 Å². The number of hydrogen-bond acceptors (Lipinski definition) is 2. The maximum Gasteiger partial charge on any atom is 1.00 e. The predicted octanol–water partition coefficient (Wildman–Crippen LogP) is -3.70. The molecule has 0 fully saturated rings. The number of halogens is 1. The normalized spacial score (nSPS) is 5.29. The second kappa shape index (κ2) is 10.1. The van der Waals surface area contributed by atoms with Crippen LogP contribution in [0, 0.1) is 0 Å². The first-order valence-corrected chi connectivity index (χ1v) is 1.47. The number of carbonyl (C=O) groups is 1. The van der Waals surface area contributed by atoms with E-state index in [4.69, 9.17) is 0 Å². The van der Waals surface area contributed by atoms with Crippen LogP contribution in [0.4, 0.5) is 4.70 Å². The topological polar surface area (TPSA) is 40.1 Å². The van der Waals surface area contributed by atoms with Crippen molar-refractivity contribution < 1.29 is 66.0 Å². The smallest absolute Gasteiger partial charge is 0.550 e. The summed E-state index contributed by atoms with van der Waals surface area (Å²) in [5, 5.41) is 9.26. The van der Waals surface area contributed by atoms with Crippen LogP contribution in [0.2, 0.25) is 0 Å². The van der Waals surface area contributed by atoms with Crippen LogP contribution >= 0.6 is 0 Å². The molecular formula is C3H6FKO2. The molecular weight excluding hydrogens is 126 g/mol. The zero-order valence-electron chi connectivity index (χ0n) is 4.43. The van der Waals surface area contributed by atoms with Crippen molar-refractivity contribution in [1.82, 2.24) is 0 Å². The molecule has 4 heteroatoms. The first kappa shape index (κ1) is 15.7. The average molecular weight is 132 g/mol. The third-order valence-corrected chi connectivity index (χ3v) is 0.289. The SMILES string of the molecule is CCC(=O)[O-].F.[K+]. The van der Waals surface area contributed by atoms with Gasteiger partial charge in [0.25, 0.3) is 0 Å². The minimum atomic E-state index is -0.995. The molecule has 0 amide bonds. The molecule has 7 heavy (non-hydrogen) atoms. The van der Waals surface area contributed by atoms with E-state index in [1.165, 1.54) is 6.92 Å². The molecule has 0 atom stereocenters. The molecule has 0 N–H and O–H groups in total. The maximum atomic E-state index is 9.26. The van der Waals surface area contributed by atoms with E-state index >= 15 is 0 Å². The van der Waals surface area contributed by atoms with E-state index in [0.29, 0.717) is 0 Å². The fourth-order valence-electron chi connectivity index (χ4n) is 0. The summed E-state index contributed by atoms with van der Waals surface area (Å²) in [6.45, 7) is 1.54. The van der Waals surface area contributed by atoms with Crippen molar-refractivity contribution in [2.24, 2.45) is 0 Å². The summed E-state index contributed by atoms with van der Waals surface area (Å²) in [5.74, 6) is -0.995. The van der Waals surface area contributed by atoms with Crippen molar-refractivity contribution in [1.29, 1.82) is 0 Å². The molecule has 0 aromatic heterocycles. The number of aliphatic carboxylic acids is 1. The van der Waals surface area contributed by atoms with Gasteiger partial charge in [-0.2, -0.15) is 0 Å². The van der Waals surface area contributed by atoms with E-state index in [1.807, 2.05) is 0 Å². The summed E-state index contributed by atoms with van der Waals surface area (Å²) in [6.07, 6.45) is 0.111. The van der Waals surface area contributed by atoms with Gasteiger partial charge < -0.3 is 9.90 Å². The number of carboxylic acids is 1. The van der Waals surface area contributed by atoms with Gasteiger partial charge in [0, 0.05) is 5.97 Å². The summed E-state index contributed by atoms with van der Waals surface area (Å²) >= 11 is 0. The van der Waals surface area contributed by atoms with Crippen LogP contribution in [0.25, 0.3) is 0 Å². The van der Waals surface area contributed by atoms with Crippen molar-refractivity contribution in [2.45, 2.75) is 13.3 Å². The van der Waals surface area contributed by atoms with Crippen LogP contribution < -0.4 is 56.5 Å². The molecule has 0 aromatic rings. The third-order valence-electron chi connectivity index (χ3n) is 0.289. The summed E-state index contributed by atoms with van der Waals surface area (Å²) in [4.78, 5) is 9.26. The molecule has 0 aliphatic heterocycles. The molecule has 2 nitrogen and oxygen atoms in total. The van der Waals surface area contributed by atoms with Gasteiger partial charge in [-0.3, -0.25) is 4.70 Å². The van der Waals surface area contributed by atoms with Crippen molar-refractivity contribution >= 4 is 5.97 Å². The van der Waals surface area contributed by atoms with E-state index in [1.54, 1.807) is 0 Å². The molecule has 0 aromatic carbocycles. The molecule has 0 saturated heterocycles. The van der Waals surface area contributed by atoms with Crippen LogP contribution in [0.1, 0.15) is 13.3 Å². The van der Waals surface area contributed by atoms with Crippen molar-refractivity contribution in [2.75, 3.05) is 0 Å². The van der Waals surface area contributed by atoms with Crippen LogP contribution in [-0.4, -0.2) is 5.97 Å². The Hall–Kier alpha value is 1.04. The number of rotatable bonds is 1. The maximum absolute atomic E-state index is 9.26. The molecule has 0 rings (SSSR count). The Kier molecular flexibility index (Phi) is 22.7. The zero-order valence-corrected chi connectivity index (χ0v) is 7.55. The van der Waals surface area contributed by atoms with E-state index in [-0.39, 0.29) is 62.5 Å². The molecule has 0 aliphatic carbocycles. The first-order valence-electron chi connectivity index (χ1n) is 1.47. The van der Waals surface area contributed by atoms with E-state index < -0.39 is 5.97 Å². The standard InChI is InChI=1S/C3H6O2.FH.K/c1-2-3(4)5;;/h2H2,1H3,(H,4,5);1H;/q;;+1/p-1. The third kappa shape index (κ3) is 19.4.